The second-order valence-electron chi connectivity index (χ2n) is 4.24. The summed E-state index contributed by atoms with van der Waals surface area (Å²) in [6.07, 6.45) is 1.84. The Hall–Kier alpha value is -1.55. The maximum atomic E-state index is 5.98. The maximum absolute atomic E-state index is 5.98. The van der Waals surface area contributed by atoms with Gasteiger partial charge in [-0.2, -0.15) is 0 Å². The third-order valence-corrected chi connectivity index (χ3v) is 3.49. The molecule has 0 aliphatic carbocycles. The van der Waals surface area contributed by atoms with Gasteiger partial charge in [-0.1, -0.05) is 18.2 Å². The second-order valence-corrected chi connectivity index (χ2v) is 5.11. The van der Waals surface area contributed by atoms with Gasteiger partial charge in [0.15, 0.2) is 5.13 Å². The number of anilines is 2. The average Bonchev–Trinajstić information content (AvgIpc) is 2.81. The third-order valence-electron chi connectivity index (χ3n) is 2.68. The summed E-state index contributed by atoms with van der Waals surface area (Å²) in [4.78, 5) is 6.63. The van der Waals surface area contributed by atoms with E-state index in [1.807, 2.05) is 29.8 Å². The number of aromatic nitrogens is 1. The normalized spacial score (nSPS) is 10.8. The van der Waals surface area contributed by atoms with E-state index in [2.05, 4.69) is 29.8 Å². The van der Waals surface area contributed by atoms with E-state index in [1.165, 1.54) is 0 Å². The van der Waals surface area contributed by atoms with E-state index in [0.717, 1.165) is 22.9 Å². The van der Waals surface area contributed by atoms with Crippen molar-refractivity contribution in [2.45, 2.75) is 26.4 Å². The number of nitrogens with two attached hydrogens (primary N) is 1. The molecule has 0 bridgehead atoms. The molecule has 0 aliphatic heterocycles. The van der Waals surface area contributed by atoms with Crippen LogP contribution in [0.5, 0.6) is 0 Å². The standard InChI is InChI=1S/C13H17N3S/c1-10(2)16(13-15-7-8-17-13)9-11-5-3-4-6-12(11)14/h3-8,10H,9,14H2,1-2H3. The highest BCUT2D eigenvalue weighted by atomic mass is 32.1. The molecule has 0 radical (unpaired) electrons. The zero-order valence-electron chi connectivity index (χ0n) is 10.1. The molecular formula is C13H17N3S. The van der Waals surface area contributed by atoms with Crippen LogP contribution in [-0.4, -0.2) is 11.0 Å². The predicted octanol–water partition coefficient (Wildman–Crippen LogP) is 3.14. The number of para-hydroxylation sites is 1. The molecule has 0 atom stereocenters. The summed E-state index contributed by atoms with van der Waals surface area (Å²) in [5.41, 5.74) is 7.97. The summed E-state index contributed by atoms with van der Waals surface area (Å²) in [6, 6.07) is 8.39. The molecule has 0 saturated heterocycles. The van der Waals surface area contributed by atoms with Gasteiger partial charge in [0.1, 0.15) is 0 Å². The van der Waals surface area contributed by atoms with Crippen LogP contribution in [0.25, 0.3) is 0 Å². The molecule has 0 amide bonds. The Labute approximate surface area is 106 Å². The molecule has 2 N–H and O–H groups in total. The van der Waals surface area contributed by atoms with Crippen molar-refractivity contribution < 1.29 is 0 Å². The molecule has 1 heterocycles. The Bertz CT molecular complexity index is 465. The molecule has 17 heavy (non-hydrogen) atoms. The van der Waals surface area contributed by atoms with Crippen LogP contribution in [0.4, 0.5) is 10.8 Å². The third kappa shape index (κ3) is 2.77. The molecule has 90 valence electrons. The molecule has 2 rings (SSSR count). The van der Waals surface area contributed by atoms with Gasteiger partial charge >= 0.3 is 0 Å². The van der Waals surface area contributed by atoms with Crippen molar-refractivity contribution in [3.63, 3.8) is 0 Å². The quantitative estimate of drug-likeness (QED) is 0.844. The molecule has 1 aromatic heterocycles. The van der Waals surface area contributed by atoms with Gasteiger partial charge in [0.05, 0.1) is 0 Å². The highest BCUT2D eigenvalue weighted by molar-refractivity contribution is 7.13. The van der Waals surface area contributed by atoms with Gasteiger partial charge in [-0.25, -0.2) is 4.98 Å². The molecule has 1 aromatic carbocycles. The van der Waals surface area contributed by atoms with Crippen molar-refractivity contribution in [2.75, 3.05) is 10.6 Å². The average molecular weight is 247 g/mol. The van der Waals surface area contributed by atoms with Gasteiger partial charge in [-0.05, 0) is 25.5 Å². The van der Waals surface area contributed by atoms with Gasteiger partial charge in [0.25, 0.3) is 0 Å². The first-order valence-corrected chi connectivity index (χ1v) is 6.56. The van der Waals surface area contributed by atoms with Crippen LogP contribution >= 0.6 is 11.3 Å². The zero-order valence-corrected chi connectivity index (χ0v) is 10.9. The van der Waals surface area contributed by atoms with E-state index in [0.29, 0.717) is 6.04 Å². The van der Waals surface area contributed by atoms with Crippen LogP contribution in [0.15, 0.2) is 35.8 Å². The molecule has 2 aromatic rings. The number of thiazole rings is 1. The predicted molar refractivity (Wildman–Crippen MR) is 74.3 cm³/mol. The van der Waals surface area contributed by atoms with Crippen LogP contribution in [0, 0.1) is 0 Å². The molecule has 0 saturated carbocycles. The monoisotopic (exact) mass is 247 g/mol. The molecular weight excluding hydrogens is 230 g/mol. The van der Waals surface area contributed by atoms with Crippen molar-refractivity contribution >= 4 is 22.2 Å². The summed E-state index contributed by atoms with van der Waals surface area (Å²) >= 11 is 1.66. The van der Waals surface area contributed by atoms with Gasteiger partial charge in [0.2, 0.25) is 0 Å². The summed E-state index contributed by atoms with van der Waals surface area (Å²) in [5, 5.41) is 3.04. The van der Waals surface area contributed by atoms with Crippen LogP contribution in [-0.2, 0) is 6.54 Å². The van der Waals surface area contributed by atoms with E-state index < -0.39 is 0 Å². The lowest BCUT2D eigenvalue weighted by molar-refractivity contribution is 0.681. The number of hydrogen-bond acceptors (Lipinski definition) is 4. The molecule has 0 fully saturated rings. The molecule has 0 aliphatic rings. The van der Waals surface area contributed by atoms with Crippen LogP contribution < -0.4 is 10.6 Å². The summed E-state index contributed by atoms with van der Waals surface area (Å²) in [5.74, 6) is 0. The van der Waals surface area contributed by atoms with Gasteiger partial charge < -0.3 is 10.6 Å². The van der Waals surface area contributed by atoms with Crippen LogP contribution in [0.1, 0.15) is 19.4 Å². The molecule has 0 unspecified atom stereocenters. The second kappa shape index (κ2) is 5.19. The number of benzene rings is 1. The minimum Gasteiger partial charge on any atom is -0.398 e. The van der Waals surface area contributed by atoms with E-state index in [9.17, 15) is 0 Å². The van der Waals surface area contributed by atoms with Gasteiger partial charge in [-0.3, -0.25) is 0 Å². The fraction of sp³-hybridized carbons (Fsp3) is 0.308. The van der Waals surface area contributed by atoms with Crippen molar-refractivity contribution in [2.24, 2.45) is 0 Å². The van der Waals surface area contributed by atoms with Crippen molar-refractivity contribution in [3.8, 4) is 0 Å². The minimum atomic E-state index is 0.403. The molecule has 3 nitrogen and oxygen atoms in total. The van der Waals surface area contributed by atoms with E-state index >= 15 is 0 Å². The topological polar surface area (TPSA) is 42.1 Å². The Morgan fingerprint density at radius 3 is 2.71 bits per heavy atom. The van der Waals surface area contributed by atoms with Crippen LogP contribution in [0.3, 0.4) is 0 Å². The van der Waals surface area contributed by atoms with Crippen LogP contribution in [0.2, 0.25) is 0 Å². The van der Waals surface area contributed by atoms with E-state index in [4.69, 9.17) is 5.73 Å². The lowest BCUT2D eigenvalue weighted by Gasteiger charge is -2.26. The van der Waals surface area contributed by atoms with Crippen molar-refractivity contribution in [1.29, 1.82) is 0 Å². The smallest absolute Gasteiger partial charge is 0.185 e. The summed E-state index contributed by atoms with van der Waals surface area (Å²) < 4.78 is 0. The Balaban J connectivity index is 2.23. The van der Waals surface area contributed by atoms with Gasteiger partial charge in [0, 0.05) is 29.9 Å². The number of nitrogen functional groups attached to an aromatic ring is 1. The first kappa shape index (κ1) is 11.9. The van der Waals surface area contributed by atoms with Gasteiger partial charge in [-0.15, -0.1) is 11.3 Å². The zero-order chi connectivity index (χ0) is 12.3. The first-order valence-electron chi connectivity index (χ1n) is 5.68. The fourth-order valence-electron chi connectivity index (χ4n) is 1.69. The lowest BCUT2D eigenvalue weighted by Crippen LogP contribution is -2.30. The first-order chi connectivity index (χ1) is 8.18. The number of rotatable bonds is 4. The largest absolute Gasteiger partial charge is 0.398 e. The molecule has 4 heteroatoms. The maximum Gasteiger partial charge on any atom is 0.185 e. The Kier molecular flexibility index (Phi) is 3.64. The lowest BCUT2D eigenvalue weighted by atomic mass is 10.1. The Morgan fingerprint density at radius 1 is 1.35 bits per heavy atom. The minimum absolute atomic E-state index is 0.403. The van der Waals surface area contributed by atoms with Crippen molar-refractivity contribution in [3.05, 3.63) is 41.4 Å². The Morgan fingerprint density at radius 2 is 2.12 bits per heavy atom. The molecule has 0 spiro atoms. The number of nitrogens with zero attached hydrogens (tertiary/aromatic N) is 2. The van der Waals surface area contributed by atoms with E-state index in [-0.39, 0.29) is 0 Å². The summed E-state index contributed by atoms with van der Waals surface area (Å²) in [7, 11) is 0. The highest BCUT2D eigenvalue weighted by Gasteiger charge is 2.14. The summed E-state index contributed by atoms with van der Waals surface area (Å²) in [6.45, 7) is 5.14. The SMILES string of the molecule is CC(C)N(Cc1ccccc1N)c1nccs1. The highest BCUT2D eigenvalue weighted by Crippen LogP contribution is 2.24. The van der Waals surface area contributed by atoms with E-state index in [1.54, 1.807) is 11.3 Å². The number of hydrogen-bond donors (Lipinski definition) is 1. The van der Waals surface area contributed by atoms with Crippen molar-refractivity contribution in [1.82, 2.24) is 4.98 Å². The fourth-order valence-corrected chi connectivity index (χ4v) is 2.47.